The van der Waals surface area contributed by atoms with Gasteiger partial charge in [-0.2, -0.15) is 10.2 Å². The largest absolute Gasteiger partial charge is 0.379 e. The van der Waals surface area contributed by atoms with Crippen LogP contribution in [0.1, 0.15) is 39.2 Å². The predicted molar refractivity (Wildman–Crippen MR) is 128 cm³/mol. The highest BCUT2D eigenvalue weighted by Crippen LogP contribution is 2.61. The zero-order chi connectivity index (χ0) is 23.9. The number of hydrogen-bond acceptors (Lipinski definition) is 7. The third kappa shape index (κ3) is 4.43. The molecule has 0 spiro atoms. The van der Waals surface area contributed by atoms with Crippen molar-refractivity contribution in [3.05, 3.63) is 39.4 Å². The molecule has 3 fully saturated rings. The second-order valence-corrected chi connectivity index (χ2v) is 10.5. The van der Waals surface area contributed by atoms with Crippen LogP contribution in [0.15, 0.2) is 23.3 Å². The van der Waals surface area contributed by atoms with E-state index in [1.807, 2.05) is 19.0 Å². The highest BCUT2D eigenvalue weighted by Gasteiger charge is 2.56. The molecule has 9 nitrogen and oxygen atoms in total. The van der Waals surface area contributed by atoms with Gasteiger partial charge in [0.05, 0.1) is 18.1 Å². The fraction of sp³-hybridized carbons (Fsp3) is 0.609. The summed E-state index contributed by atoms with van der Waals surface area (Å²) in [5.74, 6) is 2.18. The molecule has 0 saturated heterocycles. The summed E-state index contributed by atoms with van der Waals surface area (Å²) in [6.07, 6.45) is 5.46. The van der Waals surface area contributed by atoms with Crippen LogP contribution in [-0.4, -0.2) is 46.0 Å². The third-order valence-electron chi connectivity index (χ3n) is 7.65. The molecule has 0 aliphatic heterocycles. The van der Waals surface area contributed by atoms with Crippen molar-refractivity contribution in [2.75, 3.05) is 24.3 Å². The van der Waals surface area contributed by atoms with Crippen molar-refractivity contribution in [2.45, 2.75) is 52.7 Å². The van der Waals surface area contributed by atoms with Crippen LogP contribution in [-0.2, 0) is 17.9 Å². The smallest absolute Gasteiger partial charge is 0.288 e. The maximum Gasteiger partial charge on any atom is 0.288 e. The molecular formula is C23H32ClN7O2. The molecule has 5 rings (SSSR count). The summed E-state index contributed by atoms with van der Waals surface area (Å²) in [5, 5.41) is 18.5. The number of carbonyl (C=O) groups is 1. The molecule has 0 aromatic carbocycles. The van der Waals surface area contributed by atoms with Crippen molar-refractivity contribution >= 4 is 29.0 Å². The van der Waals surface area contributed by atoms with Crippen molar-refractivity contribution in [1.82, 2.24) is 25.3 Å². The molecule has 0 unspecified atom stereocenters. The number of aromatic nitrogens is 4. The van der Waals surface area contributed by atoms with Gasteiger partial charge in [-0.15, -0.1) is 5.10 Å². The van der Waals surface area contributed by atoms with E-state index in [0.29, 0.717) is 34.7 Å². The van der Waals surface area contributed by atoms with Gasteiger partial charge < -0.3 is 15.5 Å². The molecule has 178 valence electrons. The lowest BCUT2D eigenvalue weighted by atomic mass is 9.45. The zero-order valence-electron chi connectivity index (χ0n) is 19.8. The topological polar surface area (TPSA) is 105 Å². The van der Waals surface area contributed by atoms with Crippen molar-refractivity contribution in [3.63, 3.8) is 0 Å². The minimum atomic E-state index is -0.481. The first-order valence-electron chi connectivity index (χ1n) is 11.4. The molecule has 33 heavy (non-hydrogen) atoms. The van der Waals surface area contributed by atoms with Crippen LogP contribution in [0, 0.1) is 23.2 Å². The fourth-order valence-electron chi connectivity index (χ4n) is 5.47. The molecule has 10 heteroatoms. The monoisotopic (exact) mass is 473 g/mol. The molecule has 4 atom stereocenters. The molecule has 1 amide bonds. The molecule has 2 N–H and O–H groups in total. The van der Waals surface area contributed by atoms with Crippen LogP contribution in [0.2, 0.25) is 5.02 Å². The minimum Gasteiger partial charge on any atom is -0.379 e. The highest BCUT2D eigenvalue weighted by atomic mass is 35.5. The van der Waals surface area contributed by atoms with Crippen molar-refractivity contribution in [2.24, 2.45) is 23.2 Å². The van der Waals surface area contributed by atoms with Gasteiger partial charge in [-0.25, -0.2) is 4.68 Å². The molecule has 0 radical (unpaired) electrons. The summed E-state index contributed by atoms with van der Waals surface area (Å²) in [5.41, 5.74) is 1.26. The van der Waals surface area contributed by atoms with Crippen molar-refractivity contribution < 1.29 is 4.79 Å². The molecule has 2 aromatic heterocycles. The molecule has 3 aliphatic carbocycles. The van der Waals surface area contributed by atoms with Gasteiger partial charge in [-0.05, 0) is 42.1 Å². The Morgan fingerprint density at radius 1 is 1.33 bits per heavy atom. The number of halogens is 1. The Balaban J connectivity index is 1.39. The maximum absolute atomic E-state index is 12.8. The Morgan fingerprint density at radius 2 is 2.09 bits per heavy atom. The summed E-state index contributed by atoms with van der Waals surface area (Å²) < 4.78 is 1.09. The number of rotatable bonds is 7. The summed E-state index contributed by atoms with van der Waals surface area (Å²) >= 11 is 6.39. The molecular weight excluding hydrogens is 442 g/mol. The predicted octanol–water partition coefficient (Wildman–Crippen LogP) is 2.55. The van der Waals surface area contributed by atoms with Crippen LogP contribution < -0.4 is 21.1 Å². The third-order valence-corrected chi connectivity index (χ3v) is 8.02. The van der Waals surface area contributed by atoms with Gasteiger partial charge in [-0.1, -0.05) is 32.4 Å². The zero-order valence-corrected chi connectivity index (χ0v) is 20.6. The number of carbonyl (C=O) groups excluding carboxylic acids is 1. The van der Waals surface area contributed by atoms with E-state index in [4.69, 9.17) is 11.6 Å². The summed E-state index contributed by atoms with van der Waals surface area (Å²) in [7, 11) is 3.71. The van der Waals surface area contributed by atoms with Crippen LogP contribution >= 0.6 is 11.6 Å². The summed E-state index contributed by atoms with van der Waals surface area (Å²) in [6.45, 7) is 7.03. The number of amides is 1. The average Bonchev–Trinajstić information content (AvgIpc) is 2.78. The van der Waals surface area contributed by atoms with E-state index in [2.05, 4.69) is 46.7 Å². The van der Waals surface area contributed by atoms with Crippen molar-refractivity contribution in [3.8, 4) is 0 Å². The number of nitrogens with one attached hydrogen (secondary N) is 2. The number of nitrogens with zero attached hydrogens (tertiary/aromatic N) is 5. The van der Waals surface area contributed by atoms with Crippen LogP contribution in [0.4, 0.5) is 11.5 Å². The standard InChI is InChI=1S/C23H32ClN7O2/c1-13-16-8-15(23(16,2)3)9-17(13)28-18-11-27-31(22(33)20(18)24)12-19(32)25-10-14-6-7-26-29-21(14)30(4)5/h6-7,11,13,15-17,28H,8-10,12H2,1-5H3,(H,25,32)/t13-,15+,16-,17-/m1/s1. The lowest BCUT2D eigenvalue weighted by Crippen LogP contribution is -2.58. The van der Waals surface area contributed by atoms with E-state index in [1.165, 1.54) is 6.42 Å². The van der Waals surface area contributed by atoms with Crippen molar-refractivity contribution in [1.29, 1.82) is 0 Å². The summed E-state index contributed by atoms with van der Waals surface area (Å²) in [6, 6.07) is 2.06. The SMILES string of the molecule is C[C@@H]1[C@H]2C[C@@H](C[C@H]1Nc1cnn(CC(=O)NCc3ccnnc3N(C)C)c(=O)c1Cl)C2(C)C. The second-order valence-electron chi connectivity index (χ2n) is 10.1. The number of fused-ring (bicyclic) bond motifs is 2. The van der Waals surface area contributed by atoms with Gasteiger partial charge in [0.1, 0.15) is 11.6 Å². The normalized spacial score (nSPS) is 25.2. The van der Waals surface area contributed by atoms with E-state index < -0.39 is 5.56 Å². The molecule has 3 aliphatic rings. The van der Waals surface area contributed by atoms with E-state index in [-0.39, 0.29) is 30.1 Å². The average molecular weight is 474 g/mol. The van der Waals surface area contributed by atoms with Gasteiger partial charge >= 0.3 is 0 Å². The van der Waals surface area contributed by atoms with E-state index in [9.17, 15) is 9.59 Å². The lowest BCUT2D eigenvalue weighted by Gasteiger charge is -2.62. The Hall–Kier alpha value is -2.68. The van der Waals surface area contributed by atoms with Gasteiger partial charge in [0, 0.05) is 32.2 Å². The first-order chi connectivity index (χ1) is 15.6. The second kappa shape index (κ2) is 8.93. The fourth-order valence-corrected chi connectivity index (χ4v) is 5.67. The van der Waals surface area contributed by atoms with Crippen LogP contribution in [0.3, 0.4) is 0 Å². The molecule has 2 aromatic rings. The van der Waals surface area contributed by atoms with Gasteiger partial charge in [-0.3, -0.25) is 9.59 Å². The maximum atomic E-state index is 12.8. The van der Waals surface area contributed by atoms with Gasteiger partial charge in [0.2, 0.25) is 5.91 Å². The molecule has 2 heterocycles. The van der Waals surface area contributed by atoms with E-state index >= 15 is 0 Å². The Kier molecular flexibility index (Phi) is 6.35. The summed E-state index contributed by atoms with van der Waals surface area (Å²) in [4.78, 5) is 27.0. The van der Waals surface area contributed by atoms with E-state index in [1.54, 1.807) is 18.5 Å². The number of hydrogen-bond donors (Lipinski definition) is 2. The lowest BCUT2D eigenvalue weighted by molar-refractivity contribution is -0.122. The van der Waals surface area contributed by atoms with Crippen LogP contribution in [0.25, 0.3) is 0 Å². The molecule has 3 saturated carbocycles. The molecule has 2 bridgehead atoms. The Morgan fingerprint density at radius 3 is 2.76 bits per heavy atom. The van der Waals surface area contributed by atoms with E-state index in [0.717, 1.165) is 16.7 Å². The van der Waals surface area contributed by atoms with Gasteiger partial charge in [0.25, 0.3) is 5.56 Å². The Bertz CT molecular complexity index is 1100. The first kappa shape index (κ1) is 23.5. The quantitative estimate of drug-likeness (QED) is 0.636. The van der Waals surface area contributed by atoms with Crippen LogP contribution in [0.5, 0.6) is 0 Å². The van der Waals surface area contributed by atoms with Gasteiger partial charge in [0.15, 0.2) is 5.82 Å². The first-order valence-corrected chi connectivity index (χ1v) is 11.7. The Labute approximate surface area is 198 Å². The highest BCUT2D eigenvalue weighted by molar-refractivity contribution is 6.32. The number of anilines is 2. The minimum absolute atomic E-state index is 0.0664.